The average molecular weight is 91.1 g/mol. The van der Waals surface area contributed by atoms with Crippen LogP contribution in [0.5, 0.6) is 0 Å². The van der Waals surface area contributed by atoms with Crippen LogP contribution in [0.1, 0.15) is 13.3 Å². The maximum Gasteiger partial charge on any atom is 0.0564 e. The minimum absolute atomic E-state index is 0.608. The molecule has 0 N–H and O–H groups in total. The molecule has 0 nitrogen and oxygen atoms in total. The predicted molar refractivity (Wildman–Crippen MR) is 31.2 cm³/mol. The Morgan fingerprint density at radius 1 is 1.57 bits per heavy atom. The van der Waals surface area contributed by atoms with Crippen LogP contribution in [0.15, 0.2) is 0 Å². The lowest BCUT2D eigenvalue weighted by molar-refractivity contribution is 1.13. The van der Waals surface area contributed by atoms with Crippen LogP contribution < -0.4 is 0 Å². The lowest BCUT2D eigenvalue weighted by Gasteiger charge is -1.89. The monoisotopic (exact) mass is 91.1 g/mol. The van der Waals surface area contributed by atoms with E-state index in [1.54, 1.807) is 0 Å². The SMILES string of the molecule is C#CC[C](C)C#C. The minimum Gasteiger partial charge on any atom is -0.120 e. The Balaban J connectivity index is 3.27. The van der Waals surface area contributed by atoms with Crippen molar-refractivity contribution >= 4 is 0 Å². The van der Waals surface area contributed by atoms with Gasteiger partial charge in [0.15, 0.2) is 0 Å². The van der Waals surface area contributed by atoms with Gasteiger partial charge in [0.25, 0.3) is 0 Å². The largest absolute Gasteiger partial charge is 0.120 e. The predicted octanol–water partition coefficient (Wildman–Crippen LogP) is 1.24. The highest BCUT2D eigenvalue weighted by atomic mass is 13.9. The summed E-state index contributed by atoms with van der Waals surface area (Å²) in [5, 5.41) is 0. The summed E-state index contributed by atoms with van der Waals surface area (Å²) >= 11 is 0. The molecule has 0 aliphatic heterocycles. The van der Waals surface area contributed by atoms with Gasteiger partial charge >= 0.3 is 0 Å². The van der Waals surface area contributed by atoms with E-state index in [-0.39, 0.29) is 0 Å². The molecule has 0 rings (SSSR count). The third-order valence-corrected chi connectivity index (χ3v) is 0.614. The fourth-order valence-corrected chi connectivity index (χ4v) is 0.204. The van der Waals surface area contributed by atoms with Crippen LogP contribution in [0.2, 0.25) is 0 Å². The number of hydrogen-bond acceptors (Lipinski definition) is 0. The Morgan fingerprint density at radius 3 is 2.29 bits per heavy atom. The second-order valence-corrected chi connectivity index (χ2v) is 1.31. The molecule has 0 saturated heterocycles. The van der Waals surface area contributed by atoms with Gasteiger partial charge in [-0.05, 0) is 6.92 Å². The first-order valence-electron chi connectivity index (χ1n) is 2.03. The maximum atomic E-state index is 4.98. The van der Waals surface area contributed by atoms with E-state index in [4.69, 9.17) is 12.8 Å². The molecule has 0 fully saturated rings. The normalized spacial score (nSPS) is 7.43. The molecular formula is C7H7. The molecule has 0 bridgehead atoms. The molecule has 0 heteroatoms. The van der Waals surface area contributed by atoms with Gasteiger partial charge in [-0.3, -0.25) is 0 Å². The molecule has 0 atom stereocenters. The Labute approximate surface area is 44.9 Å². The summed E-state index contributed by atoms with van der Waals surface area (Å²) in [6, 6.07) is 0. The van der Waals surface area contributed by atoms with Crippen LogP contribution >= 0.6 is 0 Å². The van der Waals surface area contributed by atoms with Crippen LogP contribution in [0.3, 0.4) is 0 Å². The quantitative estimate of drug-likeness (QED) is 0.426. The highest BCUT2D eigenvalue weighted by molar-refractivity contribution is 5.18. The summed E-state index contributed by atoms with van der Waals surface area (Å²) in [6.45, 7) is 1.85. The summed E-state index contributed by atoms with van der Waals surface area (Å²) in [6.07, 6.45) is 10.5. The summed E-state index contributed by atoms with van der Waals surface area (Å²) in [5.74, 6) is 5.80. The molecule has 1 radical (unpaired) electrons. The van der Waals surface area contributed by atoms with Gasteiger partial charge in [0, 0.05) is 6.42 Å². The molecule has 0 spiro atoms. The Morgan fingerprint density at radius 2 is 2.14 bits per heavy atom. The third-order valence-electron chi connectivity index (χ3n) is 0.614. The fraction of sp³-hybridized carbons (Fsp3) is 0.286. The molecule has 0 aliphatic carbocycles. The zero-order valence-corrected chi connectivity index (χ0v) is 4.36. The number of terminal acetylenes is 2. The van der Waals surface area contributed by atoms with Crippen molar-refractivity contribution in [3.63, 3.8) is 0 Å². The highest BCUT2D eigenvalue weighted by Crippen LogP contribution is 1.97. The van der Waals surface area contributed by atoms with Gasteiger partial charge in [0.2, 0.25) is 0 Å². The van der Waals surface area contributed by atoms with E-state index < -0.39 is 0 Å². The van der Waals surface area contributed by atoms with Gasteiger partial charge in [0.05, 0.1) is 5.92 Å². The molecule has 0 amide bonds. The van der Waals surface area contributed by atoms with Crippen molar-refractivity contribution in [1.29, 1.82) is 0 Å². The second kappa shape index (κ2) is 3.32. The Hall–Kier alpha value is -0.880. The molecule has 0 saturated carbocycles. The second-order valence-electron chi connectivity index (χ2n) is 1.31. The first-order valence-corrected chi connectivity index (χ1v) is 2.03. The van der Waals surface area contributed by atoms with Crippen molar-refractivity contribution < 1.29 is 0 Å². The van der Waals surface area contributed by atoms with E-state index in [9.17, 15) is 0 Å². The van der Waals surface area contributed by atoms with Gasteiger partial charge in [-0.15, -0.1) is 18.8 Å². The molecule has 0 unspecified atom stereocenters. The Bertz CT molecular complexity index is 109. The molecule has 0 aromatic rings. The molecule has 35 valence electrons. The van der Waals surface area contributed by atoms with Crippen molar-refractivity contribution in [3.05, 3.63) is 5.92 Å². The van der Waals surface area contributed by atoms with Crippen LogP contribution in [0.25, 0.3) is 0 Å². The van der Waals surface area contributed by atoms with Gasteiger partial charge in [-0.1, -0.05) is 5.92 Å². The zero-order chi connectivity index (χ0) is 5.70. The summed E-state index contributed by atoms with van der Waals surface area (Å²) in [7, 11) is 0. The maximum absolute atomic E-state index is 4.98. The number of hydrogen-bond donors (Lipinski definition) is 0. The van der Waals surface area contributed by atoms with E-state index >= 15 is 0 Å². The van der Waals surface area contributed by atoms with E-state index in [1.165, 1.54) is 0 Å². The van der Waals surface area contributed by atoms with Crippen molar-refractivity contribution in [3.8, 4) is 24.7 Å². The van der Waals surface area contributed by atoms with Crippen molar-refractivity contribution in [1.82, 2.24) is 0 Å². The van der Waals surface area contributed by atoms with Gasteiger partial charge in [0.1, 0.15) is 0 Å². The fourth-order valence-electron chi connectivity index (χ4n) is 0.204. The van der Waals surface area contributed by atoms with Crippen molar-refractivity contribution in [2.24, 2.45) is 0 Å². The molecule has 0 aliphatic rings. The first kappa shape index (κ1) is 6.12. The van der Waals surface area contributed by atoms with Crippen LogP contribution in [-0.4, -0.2) is 0 Å². The lowest BCUT2D eigenvalue weighted by atomic mass is 10.1. The van der Waals surface area contributed by atoms with Crippen LogP contribution in [-0.2, 0) is 0 Å². The first-order chi connectivity index (χ1) is 3.31. The summed E-state index contributed by atoms with van der Waals surface area (Å²) < 4.78 is 0. The van der Waals surface area contributed by atoms with Gasteiger partial charge < -0.3 is 0 Å². The topological polar surface area (TPSA) is 0 Å². The van der Waals surface area contributed by atoms with E-state index in [0.29, 0.717) is 6.42 Å². The zero-order valence-electron chi connectivity index (χ0n) is 4.36. The molecular weight excluding hydrogens is 84.1 g/mol. The van der Waals surface area contributed by atoms with Crippen LogP contribution in [0.4, 0.5) is 0 Å². The standard InChI is InChI=1S/C7H7/c1-4-6-7(3)5-2/h1-2H,6H2,3H3. The minimum atomic E-state index is 0.608. The van der Waals surface area contributed by atoms with Crippen molar-refractivity contribution in [2.75, 3.05) is 0 Å². The molecule has 7 heavy (non-hydrogen) atoms. The van der Waals surface area contributed by atoms with Crippen LogP contribution in [0, 0.1) is 30.6 Å². The van der Waals surface area contributed by atoms with Gasteiger partial charge in [-0.2, -0.15) is 0 Å². The number of rotatable bonds is 1. The van der Waals surface area contributed by atoms with E-state index in [2.05, 4.69) is 11.8 Å². The van der Waals surface area contributed by atoms with Gasteiger partial charge in [-0.25, -0.2) is 0 Å². The Kier molecular flexibility index (Phi) is 2.90. The average Bonchev–Trinajstić information content (AvgIpc) is 1.68. The van der Waals surface area contributed by atoms with E-state index in [0.717, 1.165) is 5.92 Å². The lowest BCUT2D eigenvalue weighted by Crippen LogP contribution is -1.80. The smallest absolute Gasteiger partial charge is 0.0564 e. The summed E-state index contributed by atoms with van der Waals surface area (Å²) in [4.78, 5) is 0. The highest BCUT2D eigenvalue weighted by Gasteiger charge is 1.89. The summed E-state index contributed by atoms with van der Waals surface area (Å²) in [5.41, 5.74) is 0. The van der Waals surface area contributed by atoms with Crippen molar-refractivity contribution in [2.45, 2.75) is 13.3 Å². The third kappa shape index (κ3) is 2.94. The van der Waals surface area contributed by atoms with E-state index in [1.807, 2.05) is 6.92 Å². The molecule has 0 heterocycles. The molecule has 0 aromatic heterocycles. The molecule has 0 aromatic carbocycles.